The van der Waals surface area contributed by atoms with Crippen molar-refractivity contribution in [2.24, 2.45) is 0 Å². The summed E-state index contributed by atoms with van der Waals surface area (Å²) in [4.78, 5) is 6.94. The fraction of sp³-hybridized carbons (Fsp3) is 0.583. The molecule has 0 saturated carbocycles. The van der Waals surface area contributed by atoms with E-state index in [1.54, 1.807) is 0 Å². The number of pyridine rings is 1. The number of nitrogens with zero attached hydrogens (tertiary/aromatic N) is 2. The molecule has 1 fully saturated rings. The SMILES string of the molecule is CNc1ccc(Cl)c(CN2CCSC(C)C2)n1. The van der Waals surface area contributed by atoms with Crippen LogP contribution in [0.1, 0.15) is 12.6 Å². The predicted octanol–water partition coefficient (Wildman–Crippen LogP) is 2.71. The van der Waals surface area contributed by atoms with Gasteiger partial charge in [-0.25, -0.2) is 4.98 Å². The van der Waals surface area contributed by atoms with Crippen LogP contribution in [0, 0.1) is 0 Å². The van der Waals surface area contributed by atoms with Gasteiger partial charge in [0, 0.05) is 37.7 Å². The third-order valence-electron chi connectivity index (χ3n) is 2.87. The van der Waals surface area contributed by atoms with Crippen LogP contribution in [0.4, 0.5) is 5.82 Å². The number of rotatable bonds is 3. The number of hydrogen-bond donors (Lipinski definition) is 1. The molecule has 1 atom stereocenters. The first-order valence-corrected chi connectivity index (χ1v) is 7.29. The minimum absolute atomic E-state index is 0.704. The van der Waals surface area contributed by atoms with Gasteiger partial charge in [0.1, 0.15) is 5.82 Å². The van der Waals surface area contributed by atoms with Gasteiger partial charge in [-0.2, -0.15) is 11.8 Å². The molecule has 1 saturated heterocycles. The molecule has 1 N–H and O–H groups in total. The molecular weight excluding hydrogens is 254 g/mol. The summed E-state index contributed by atoms with van der Waals surface area (Å²) in [7, 11) is 1.87. The Morgan fingerprint density at radius 1 is 1.59 bits per heavy atom. The van der Waals surface area contributed by atoms with E-state index in [-0.39, 0.29) is 0 Å². The van der Waals surface area contributed by atoms with E-state index in [1.807, 2.05) is 30.9 Å². The fourth-order valence-corrected chi connectivity index (χ4v) is 3.23. The summed E-state index contributed by atoms with van der Waals surface area (Å²) in [6.07, 6.45) is 0. The van der Waals surface area contributed by atoms with Crippen LogP contribution < -0.4 is 5.32 Å². The zero-order valence-corrected chi connectivity index (χ0v) is 11.8. The highest BCUT2D eigenvalue weighted by Crippen LogP contribution is 2.22. The van der Waals surface area contributed by atoms with Crippen molar-refractivity contribution < 1.29 is 0 Å². The molecule has 3 nitrogen and oxygen atoms in total. The van der Waals surface area contributed by atoms with Gasteiger partial charge in [0.15, 0.2) is 0 Å². The smallest absolute Gasteiger partial charge is 0.126 e. The third kappa shape index (κ3) is 3.50. The number of thioether (sulfide) groups is 1. The van der Waals surface area contributed by atoms with Crippen LogP contribution in [0.5, 0.6) is 0 Å². The van der Waals surface area contributed by atoms with Gasteiger partial charge >= 0.3 is 0 Å². The van der Waals surface area contributed by atoms with Crippen molar-refractivity contribution in [1.29, 1.82) is 0 Å². The maximum absolute atomic E-state index is 6.19. The maximum atomic E-state index is 6.19. The molecule has 2 rings (SSSR count). The van der Waals surface area contributed by atoms with Gasteiger partial charge in [0.25, 0.3) is 0 Å². The number of halogens is 1. The molecule has 17 heavy (non-hydrogen) atoms. The lowest BCUT2D eigenvalue weighted by molar-refractivity contribution is 0.275. The molecular formula is C12H18ClN3S. The van der Waals surface area contributed by atoms with E-state index >= 15 is 0 Å². The Morgan fingerprint density at radius 3 is 3.12 bits per heavy atom. The van der Waals surface area contributed by atoms with E-state index in [0.29, 0.717) is 5.25 Å². The topological polar surface area (TPSA) is 28.2 Å². The number of aromatic nitrogens is 1. The van der Waals surface area contributed by atoms with Crippen molar-refractivity contribution in [2.45, 2.75) is 18.7 Å². The summed E-state index contributed by atoms with van der Waals surface area (Å²) in [5.41, 5.74) is 0.970. The lowest BCUT2D eigenvalue weighted by Gasteiger charge is -2.30. The van der Waals surface area contributed by atoms with Gasteiger partial charge in [-0.1, -0.05) is 18.5 Å². The highest BCUT2D eigenvalue weighted by atomic mass is 35.5. The maximum Gasteiger partial charge on any atom is 0.126 e. The van der Waals surface area contributed by atoms with Gasteiger partial charge in [-0.05, 0) is 12.1 Å². The van der Waals surface area contributed by atoms with Crippen LogP contribution in [-0.4, -0.2) is 41.0 Å². The van der Waals surface area contributed by atoms with Crippen LogP contribution in [0.3, 0.4) is 0 Å². The summed E-state index contributed by atoms with van der Waals surface area (Å²) in [5.74, 6) is 2.08. The van der Waals surface area contributed by atoms with E-state index in [4.69, 9.17) is 11.6 Å². The highest BCUT2D eigenvalue weighted by molar-refractivity contribution is 7.99. The molecule has 5 heteroatoms. The monoisotopic (exact) mass is 271 g/mol. The van der Waals surface area contributed by atoms with Gasteiger partial charge in [0.05, 0.1) is 10.7 Å². The highest BCUT2D eigenvalue weighted by Gasteiger charge is 2.18. The van der Waals surface area contributed by atoms with Crippen LogP contribution in [0.15, 0.2) is 12.1 Å². The molecule has 2 heterocycles. The number of anilines is 1. The second kappa shape index (κ2) is 5.94. The summed E-state index contributed by atoms with van der Waals surface area (Å²) in [6.45, 7) is 5.36. The zero-order valence-electron chi connectivity index (χ0n) is 10.2. The molecule has 0 spiro atoms. The average Bonchev–Trinajstić information content (AvgIpc) is 2.32. The quantitative estimate of drug-likeness (QED) is 0.915. The van der Waals surface area contributed by atoms with E-state index in [1.165, 1.54) is 5.75 Å². The largest absolute Gasteiger partial charge is 0.373 e. The van der Waals surface area contributed by atoms with Gasteiger partial charge in [0.2, 0.25) is 0 Å². The summed E-state index contributed by atoms with van der Waals surface area (Å²) in [6, 6.07) is 3.82. The normalized spacial score (nSPS) is 21.5. The Kier molecular flexibility index (Phi) is 4.54. The number of nitrogens with one attached hydrogen (secondary N) is 1. The molecule has 0 aromatic carbocycles. The molecule has 0 aliphatic carbocycles. The van der Waals surface area contributed by atoms with Crippen molar-refractivity contribution in [3.8, 4) is 0 Å². The molecule has 1 unspecified atom stereocenters. The summed E-state index contributed by atoms with van der Waals surface area (Å²) >= 11 is 8.22. The Bertz CT molecular complexity index is 386. The molecule has 1 aromatic rings. The Morgan fingerprint density at radius 2 is 2.41 bits per heavy atom. The van der Waals surface area contributed by atoms with Crippen molar-refractivity contribution in [1.82, 2.24) is 9.88 Å². The van der Waals surface area contributed by atoms with Crippen molar-refractivity contribution in [3.63, 3.8) is 0 Å². The standard InChI is InChI=1S/C12H18ClN3S/c1-9-7-16(5-6-17-9)8-11-10(13)3-4-12(14-2)15-11/h3-4,9H,5-8H2,1-2H3,(H,14,15). The van der Waals surface area contributed by atoms with Crippen LogP contribution >= 0.6 is 23.4 Å². The van der Waals surface area contributed by atoms with Gasteiger partial charge < -0.3 is 5.32 Å². The van der Waals surface area contributed by atoms with Gasteiger partial charge in [-0.3, -0.25) is 4.90 Å². The number of hydrogen-bond acceptors (Lipinski definition) is 4. The zero-order chi connectivity index (χ0) is 12.3. The first kappa shape index (κ1) is 13.0. The van der Waals surface area contributed by atoms with E-state index in [9.17, 15) is 0 Å². The Labute approximate surface area is 112 Å². The third-order valence-corrected chi connectivity index (χ3v) is 4.35. The van der Waals surface area contributed by atoms with Crippen LogP contribution in [-0.2, 0) is 6.54 Å². The second-order valence-corrected chi connectivity index (χ2v) is 6.25. The van der Waals surface area contributed by atoms with Crippen LogP contribution in [0.25, 0.3) is 0 Å². The molecule has 0 bridgehead atoms. The first-order valence-electron chi connectivity index (χ1n) is 5.86. The predicted molar refractivity (Wildman–Crippen MR) is 76.0 cm³/mol. The lowest BCUT2D eigenvalue weighted by atomic mass is 10.3. The second-order valence-electron chi connectivity index (χ2n) is 4.29. The molecule has 0 amide bonds. The van der Waals surface area contributed by atoms with E-state index < -0.39 is 0 Å². The molecule has 0 radical (unpaired) electrons. The molecule has 1 aliphatic rings. The fourth-order valence-electron chi connectivity index (χ4n) is 1.98. The summed E-state index contributed by atoms with van der Waals surface area (Å²) in [5, 5.41) is 4.51. The van der Waals surface area contributed by atoms with E-state index in [0.717, 1.165) is 36.2 Å². The summed E-state index contributed by atoms with van der Waals surface area (Å²) < 4.78 is 0. The average molecular weight is 272 g/mol. The Hall–Kier alpha value is -0.450. The first-order chi connectivity index (χ1) is 8.19. The van der Waals surface area contributed by atoms with Crippen LogP contribution in [0.2, 0.25) is 5.02 Å². The van der Waals surface area contributed by atoms with E-state index in [2.05, 4.69) is 22.1 Å². The molecule has 1 aromatic heterocycles. The Balaban J connectivity index is 2.06. The molecule has 94 valence electrons. The van der Waals surface area contributed by atoms with Gasteiger partial charge in [-0.15, -0.1) is 0 Å². The van der Waals surface area contributed by atoms with Crippen molar-refractivity contribution in [2.75, 3.05) is 31.2 Å². The van der Waals surface area contributed by atoms with Crippen molar-refractivity contribution >= 4 is 29.2 Å². The minimum atomic E-state index is 0.704. The van der Waals surface area contributed by atoms with Crippen molar-refractivity contribution in [3.05, 3.63) is 22.8 Å². The minimum Gasteiger partial charge on any atom is -0.373 e. The molecule has 1 aliphatic heterocycles. The lowest BCUT2D eigenvalue weighted by Crippen LogP contribution is -2.36.